The molecule has 144 valence electrons. The summed E-state index contributed by atoms with van der Waals surface area (Å²) >= 11 is 0. The Morgan fingerprint density at radius 1 is 0.760 bits per heavy atom. The van der Waals surface area contributed by atoms with Crippen LogP contribution in [0, 0.1) is 11.8 Å². The Kier molecular flexibility index (Phi) is 10.6. The molecular weight excluding hydrogens is 328 g/mol. The van der Waals surface area contributed by atoms with Gasteiger partial charge in [-0.05, 0) is 24.7 Å². The van der Waals surface area contributed by atoms with Crippen LogP contribution in [0.4, 0.5) is 0 Å². The molecule has 0 saturated carbocycles. The molecule has 6 N–H and O–H groups in total. The van der Waals surface area contributed by atoms with Gasteiger partial charge in [-0.2, -0.15) is 0 Å². The Bertz CT molecular complexity index is 437. The van der Waals surface area contributed by atoms with Gasteiger partial charge in [0.15, 0.2) is 0 Å². The summed E-state index contributed by atoms with van der Waals surface area (Å²) < 4.78 is 4.88. The molecule has 0 bridgehead atoms. The van der Waals surface area contributed by atoms with Crippen LogP contribution in [0.15, 0.2) is 0 Å². The van der Waals surface area contributed by atoms with Gasteiger partial charge in [-0.1, -0.05) is 27.7 Å². The van der Waals surface area contributed by atoms with Crippen LogP contribution in [-0.4, -0.2) is 48.9 Å². The van der Waals surface area contributed by atoms with Gasteiger partial charge in [0.1, 0.15) is 12.1 Å². The number of carbonyl (C=O) groups is 4. The van der Waals surface area contributed by atoms with E-state index in [1.807, 2.05) is 27.7 Å². The SMILES string of the molecule is CC(C)C[C@H](NC(=O)CN)C(=O)OC(=O)[C@H](CC(C)C)NC(=O)CN. The van der Waals surface area contributed by atoms with E-state index in [4.69, 9.17) is 16.2 Å². The molecule has 0 heterocycles. The van der Waals surface area contributed by atoms with Crippen molar-refractivity contribution in [3.63, 3.8) is 0 Å². The molecule has 0 saturated heterocycles. The van der Waals surface area contributed by atoms with E-state index in [2.05, 4.69) is 10.6 Å². The average Bonchev–Trinajstić information content (AvgIpc) is 2.52. The number of hydrogen-bond donors (Lipinski definition) is 4. The number of ether oxygens (including phenoxy) is 1. The van der Waals surface area contributed by atoms with Crippen molar-refractivity contribution in [1.29, 1.82) is 0 Å². The zero-order valence-electron chi connectivity index (χ0n) is 15.3. The van der Waals surface area contributed by atoms with Gasteiger partial charge >= 0.3 is 11.9 Å². The molecular formula is C16H30N4O5. The van der Waals surface area contributed by atoms with Crippen molar-refractivity contribution in [2.24, 2.45) is 23.3 Å². The molecule has 25 heavy (non-hydrogen) atoms. The van der Waals surface area contributed by atoms with Crippen molar-refractivity contribution in [1.82, 2.24) is 10.6 Å². The molecule has 0 aromatic rings. The first-order valence-corrected chi connectivity index (χ1v) is 8.35. The van der Waals surface area contributed by atoms with Crippen molar-refractivity contribution in [3.8, 4) is 0 Å². The van der Waals surface area contributed by atoms with Crippen molar-refractivity contribution < 1.29 is 23.9 Å². The minimum absolute atomic E-state index is 0.0779. The topological polar surface area (TPSA) is 154 Å². The normalized spacial score (nSPS) is 13.3. The largest absolute Gasteiger partial charge is 0.390 e. The second-order valence-electron chi connectivity index (χ2n) is 6.65. The molecule has 0 fully saturated rings. The number of nitrogens with one attached hydrogen (secondary N) is 2. The van der Waals surface area contributed by atoms with E-state index in [0.717, 1.165) is 0 Å². The lowest BCUT2D eigenvalue weighted by atomic mass is 10.0. The average molecular weight is 358 g/mol. The molecule has 0 spiro atoms. The lowest BCUT2D eigenvalue weighted by molar-refractivity contribution is -0.164. The highest BCUT2D eigenvalue weighted by atomic mass is 16.6. The van der Waals surface area contributed by atoms with E-state index >= 15 is 0 Å². The first-order valence-electron chi connectivity index (χ1n) is 8.35. The van der Waals surface area contributed by atoms with Crippen LogP contribution < -0.4 is 22.1 Å². The van der Waals surface area contributed by atoms with Crippen LogP contribution in [0.5, 0.6) is 0 Å². The van der Waals surface area contributed by atoms with Crippen molar-refractivity contribution in [2.45, 2.75) is 52.6 Å². The first kappa shape index (κ1) is 23.0. The highest BCUT2D eigenvalue weighted by molar-refractivity contribution is 5.94. The zero-order chi connectivity index (χ0) is 19.6. The molecule has 0 rings (SSSR count). The monoisotopic (exact) mass is 358 g/mol. The van der Waals surface area contributed by atoms with Gasteiger partial charge in [0.25, 0.3) is 0 Å². The Morgan fingerprint density at radius 3 is 1.32 bits per heavy atom. The van der Waals surface area contributed by atoms with Crippen LogP contribution in [0.1, 0.15) is 40.5 Å². The van der Waals surface area contributed by atoms with E-state index in [0.29, 0.717) is 12.8 Å². The zero-order valence-corrected chi connectivity index (χ0v) is 15.3. The number of carbonyl (C=O) groups excluding carboxylic acids is 4. The highest BCUT2D eigenvalue weighted by Gasteiger charge is 2.30. The summed E-state index contributed by atoms with van der Waals surface area (Å²) in [6.45, 7) is 6.88. The number of hydrogen-bond acceptors (Lipinski definition) is 7. The van der Waals surface area contributed by atoms with Gasteiger partial charge < -0.3 is 26.8 Å². The van der Waals surface area contributed by atoms with Crippen molar-refractivity contribution in [2.75, 3.05) is 13.1 Å². The van der Waals surface area contributed by atoms with Gasteiger partial charge in [0.2, 0.25) is 11.8 Å². The maximum Gasteiger partial charge on any atom is 0.336 e. The summed E-state index contributed by atoms with van der Waals surface area (Å²) in [5, 5.41) is 4.87. The maximum atomic E-state index is 12.3. The summed E-state index contributed by atoms with van der Waals surface area (Å²) in [6.07, 6.45) is 0.587. The Labute approximate surface area is 148 Å². The summed E-state index contributed by atoms with van der Waals surface area (Å²) in [6, 6.07) is -1.96. The smallest absolute Gasteiger partial charge is 0.336 e. The molecule has 0 radical (unpaired) electrons. The second-order valence-corrected chi connectivity index (χ2v) is 6.65. The number of nitrogens with two attached hydrogens (primary N) is 2. The maximum absolute atomic E-state index is 12.3. The Balaban J connectivity index is 5.03. The third-order valence-electron chi connectivity index (χ3n) is 3.23. The summed E-state index contributed by atoms with van der Waals surface area (Å²) in [7, 11) is 0. The highest BCUT2D eigenvalue weighted by Crippen LogP contribution is 2.10. The second kappa shape index (κ2) is 11.5. The van der Waals surface area contributed by atoms with Crippen molar-refractivity contribution in [3.05, 3.63) is 0 Å². The van der Waals surface area contributed by atoms with Crippen LogP contribution in [0.25, 0.3) is 0 Å². The van der Waals surface area contributed by atoms with E-state index in [1.165, 1.54) is 0 Å². The third-order valence-corrected chi connectivity index (χ3v) is 3.23. The fraction of sp³-hybridized carbons (Fsp3) is 0.750. The predicted molar refractivity (Wildman–Crippen MR) is 92.0 cm³/mol. The van der Waals surface area contributed by atoms with E-state index in [9.17, 15) is 19.2 Å². The van der Waals surface area contributed by atoms with Crippen molar-refractivity contribution >= 4 is 23.8 Å². The minimum atomic E-state index is -0.982. The Hall–Kier alpha value is -2.00. The summed E-state index contributed by atoms with van der Waals surface area (Å²) in [5.74, 6) is -2.65. The van der Waals surface area contributed by atoms with Crippen LogP contribution in [-0.2, 0) is 23.9 Å². The molecule has 0 aliphatic heterocycles. The molecule has 2 amide bonds. The van der Waals surface area contributed by atoms with Crippen LogP contribution in [0.3, 0.4) is 0 Å². The van der Waals surface area contributed by atoms with E-state index in [-0.39, 0.29) is 24.9 Å². The molecule has 0 unspecified atom stereocenters. The standard InChI is InChI=1S/C16H30N4O5/c1-9(2)5-11(19-13(21)7-17)15(23)25-16(24)12(6-10(3)4)20-14(22)8-18/h9-12H,5-8,17-18H2,1-4H3,(H,19,21)(H,20,22)/t11-,12-/m0/s1. The summed E-state index contributed by atoms with van der Waals surface area (Å²) in [5.41, 5.74) is 10.5. The third kappa shape index (κ3) is 9.78. The van der Waals surface area contributed by atoms with Crippen LogP contribution in [0.2, 0.25) is 0 Å². The van der Waals surface area contributed by atoms with Gasteiger partial charge in [-0.15, -0.1) is 0 Å². The van der Waals surface area contributed by atoms with Gasteiger partial charge in [0, 0.05) is 0 Å². The Morgan fingerprint density at radius 2 is 1.08 bits per heavy atom. The quantitative estimate of drug-likeness (QED) is 0.289. The molecule has 9 nitrogen and oxygen atoms in total. The molecule has 0 aliphatic rings. The lowest BCUT2D eigenvalue weighted by Gasteiger charge is -2.21. The fourth-order valence-corrected chi connectivity index (χ4v) is 2.12. The molecule has 9 heteroatoms. The number of amides is 2. The minimum Gasteiger partial charge on any atom is -0.390 e. The van der Waals surface area contributed by atoms with Crippen LogP contribution >= 0.6 is 0 Å². The molecule has 0 aromatic carbocycles. The molecule has 2 atom stereocenters. The first-order chi connectivity index (χ1) is 11.6. The summed E-state index contributed by atoms with van der Waals surface area (Å²) in [4.78, 5) is 47.4. The number of esters is 2. The number of rotatable bonds is 10. The van der Waals surface area contributed by atoms with Gasteiger partial charge in [-0.25, -0.2) is 9.59 Å². The van der Waals surface area contributed by atoms with E-state index in [1.54, 1.807) is 0 Å². The molecule has 0 aromatic heterocycles. The fourth-order valence-electron chi connectivity index (χ4n) is 2.12. The lowest BCUT2D eigenvalue weighted by Crippen LogP contribution is -2.49. The van der Waals surface area contributed by atoms with Gasteiger partial charge in [0.05, 0.1) is 13.1 Å². The predicted octanol–water partition coefficient (Wildman–Crippen LogP) is -0.965. The van der Waals surface area contributed by atoms with E-state index < -0.39 is 35.8 Å². The van der Waals surface area contributed by atoms with Gasteiger partial charge in [-0.3, -0.25) is 9.59 Å². The molecule has 0 aliphatic carbocycles.